The summed E-state index contributed by atoms with van der Waals surface area (Å²) in [6.45, 7) is 12.4. The second-order valence-electron chi connectivity index (χ2n) is 31.5. The van der Waals surface area contributed by atoms with Crippen LogP contribution in [0.1, 0.15) is 63.8 Å². The average molecular weight is 2610 g/mol. The van der Waals surface area contributed by atoms with Crippen molar-refractivity contribution in [2.45, 2.75) is 58.5 Å². The third kappa shape index (κ3) is 20.3. The number of hydrogen-bond donors (Lipinski definition) is 2. The predicted octanol–water partition coefficient (Wildman–Crippen LogP) is 28.3. The van der Waals surface area contributed by atoms with Crippen molar-refractivity contribution < 1.29 is 111 Å². The Balaban J connectivity index is 0.000000134. The summed E-state index contributed by atoms with van der Waals surface area (Å²) in [5.41, 5.74) is 23.0. The van der Waals surface area contributed by atoms with Crippen molar-refractivity contribution >= 4 is 119 Å². The Kier molecular flexibility index (Phi) is 32.0. The van der Waals surface area contributed by atoms with Crippen molar-refractivity contribution in [1.82, 2.24) is 39.9 Å². The van der Waals surface area contributed by atoms with Crippen LogP contribution in [-0.2, 0) is 111 Å². The summed E-state index contributed by atoms with van der Waals surface area (Å²) in [7, 11) is 0. The van der Waals surface area contributed by atoms with E-state index in [1.807, 2.05) is 158 Å². The van der Waals surface area contributed by atoms with Crippen LogP contribution in [0.15, 0.2) is 376 Å². The van der Waals surface area contributed by atoms with E-state index in [1.54, 1.807) is 54.4 Å². The zero-order valence-corrected chi connectivity index (χ0v) is 84.9. The van der Waals surface area contributed by atoms with Gasteiger partial charge in [0.25, 0.3) is 0 Å². The quantitative estimate of drug-likeness (QED) is 0.0938. The molecule has 8 heterocycles. The Hall–Kier alpha value is -11.7. The number of hydrogen-bond acceptors (Lipinski definition) is 12. The van der Waals surface area contributed by atoms with Gasteiger partial charge in [0.2, 0.25) is 0 Å². The summed E-state index contributed by atoms with van der Waals surface area (Å²) in [6, 6.07) is 126. The molecule has 0 bridgehead atoms. The first-order valence-corrected chi connectivity index (χ1v) is 43.1. The van der Waals surface area contributed by atoms with Gasteiger partial charge in [-0.3, -0.25) is 9.97 Å². The fourth-order valence-corrected chi connectivity index (χ4v) is 18.5. The first-order valence-electron chi connectivity index (χ1n) is 41.4. The summed E-state index contributed by atoms with van der Waals surface area (Å²) in [5.74, 6) is 0.162. The van der Waals surface area contributed by atoms with Crippen molar-refractivity contribution in [2.75, 3.05) is 0 Å². The van der Waals surface area contributed by atoms with Gasteiger partial charge in [0.1, 0.15) is 0 Å². The van der Waals surface area contributed by atoms with Crippen molar-refractivity contribution in [3.8, 4) is 77.0 Å². The van der Waals surface area contributed by atoms with Crippen LogP contribution < -0.4 is 0 Å². The van der Waals surface area contributed by atoms with E-state index in [4.69, 9.17) is 15.2 Å². The second-order valence-corrected chi connectivity index (χ2v) is 33.4. The first kappa shape index (κ1) is 95.9. The molecule has 24 rings (SSSR count). The smallest absolute Gasteiger partial charge is 0.0877 e. The van der Waals surface area contributed by atoms with Crippen molar-refractivity contribution in [3.05, 3.63) is 435 Å². The van der Waals surface area contributed by atoms with Crippen molar-refractivity contribution in [2.24, 2.45) is 0 Å². The number of nitrogens with zero attached hydrogens (tertiary/aromatic N) is 8. The minimum atomic E-state index is -0.537. The molecule has 0 spiro atoms. The third-order valence-electron chi connectivity index (χ3n) is 22.7. The maximum absolute atomic E-state index is 8.49. The zero-order chi connectivity index (χ0) is 85.4. The molecule has 2 aliphatic carbocycles. The van der Waals surface area contributed by atoms with E-state index in [0.717, 1.165) is 92.8 Å². The van der Waals surface area contributed by atoms with E-state index in [-0.39, 0.29) is 117 Å². The molecule has 22 aromatic rings. The van der Waals surface area contributed by atoms with Gasteiger partial charge >= 0.3 is 0 Å². The molecule has 2 aliphatic rings. The van der Waals surface area contributed by atoms with Crippen molar-refractivity contribution in [1.29, 1.82) is 0 Å². The molecule has 0 aliphatic heterocycles. The maximum atomic E-state index is 8.49. The molecule has 1 atom stereocenters. The summed E-state index contributed by atoms with van der Waals surface area (Å²) in [4.78, 5) is 38.2. The number of pyridine rings is 4. The van der Waals surface area contributed by atoms with E-state index in [9.17, 15) is 0 Å². The molecule has 14 aromatic carbocycles. The zero-order valence-electron chi connectivity index (χ0n) is 71.3. The Labute approximate surface area is 832 Å². The van der Waals surface area contributed by atoms with Crippen LogP contribution in [0, 0.1) is 36.4 Å². The van der Waals surface area contributed by atoms with E-state index in [0.29, 0.717) is 0 Å². The van der Waals surface area contributed by atoms with Gasteiger partial charge in [-0.2, -0.15) is 12.1 Å². The van der Waals surface area contributed by atoms with Gasteiger partial charge in [-0.15, -0.1) is 153 Å². The van der Waals surface area contributed by atoms with E-state index < -0.39 is 6.10 Å². The molecule has 10 nitrogen and oxygen atoms in total. The SMILES string of the molecule is CC(O)=CC(C)O.CC1(C)c2ccccc2-c2c[c-]c(-c3ccc(-c4ccc5c(c4)C(C)(C)c4ccccc4-5)cn3)cc21.[Ir].[Ir].[Ir].[Ir].[Ir].[c-]1c(-c2ccccn2)sc2ccccc12.[c-]1cccc2c1c1nccnc1c1ccccc21.[c-]1cccc2c1c1nccnc1c1ccccc21.[c-]1ccccc1-c1nccc2ccccc12.[c-]1ccsc1-c1nccc2ccccc12. The van der Waals surface area contributed by atoms with Crippen LogP contribution in [0.25, 0.3) is 174 Å². The minimum Gasteiger partial charge on any atom is -0.513 e. The van der Waals surface area contributed by atoms with Gasteiger partial charge in [-0.1, -0.05) is 259 Å². The molecular formula is C113H82Ir5N8O2S2-6. The fourth-order valence-electron chi connectivity index (χ4n) is 16.8. The van der Waals surface area contributed by atoms with Gasteiger partial charge in [0, 0.05) is 172 Å². The molecule has 0 saturated carbocycles. The average Bonchev–Trinajstić information content (AvgIpc) is 1.66. The molecule has 5 radical (unpaired) electrons. The van der Waals surface area contributed by atoms with Gasteiger partial charge in [-0.25, -0.2) is 22.7 Å². The van der Waals surface area contributed by atoms with Crippen LogP contribution in [0.4, 0.5) is 0 Å². The maximum Gasteiger partial charge on any atom is 0.0877 e. The molecule has 130 heavy (non-hydrogen) atoms. The monoisotopic (exact) mass is 2610 g/mol. The standard InChI is InChI=1S/C35H28N.2C16H9N2.C15H10N.2C13H8NS.C5H10O2.5Ir/c1-34(2)29-11-7-5-9-25(29)27-16-13-22(19-31(27)34)24-15-18-33(36-21-24)23-14-17-28-26-10-6-8-12-30(26)35(3,4)32(28)20-23;2*1-3-7-13-11(5-1)12-6-2-4-8-14(12)16-15(13)17-9-10-18-16;1-2-7-13(8-3-1)15-14-9-5-4-6-12(14)10-11-16-15;1-2-7-12-10(5-1)9-13(15-12)11-6-3-4-8-14-11;1-2-5-11-10(4-1)7-8-14-13(11)12-6-3-9-15-12;1-4(6)3-5(2)7;;;;;/h5-13,15-21H,1-4H3;2*1-7,9-10H;1-7,9-11H;1-8H;1-5,7-9H;3-4,6-7H,1-2H3;;;;;/q6*-1;;;;;;. The molecular weight excluding hydrogens is 2530 g/mol. The number of rotatable bonds is 6. The van der Waals surface area contributed by atoms with Crippen LogP contribution in [0.2, 0.25) is 0 Å². The summed E-state index contributed by atoms with van der Waals surface area (Å²) in [5, 5.41) is 34.1. The van der Waals surface area contributed by atoms with Crippen LogP contribution in [0.3, 0.4) is 0 Å². The number of benzene rings is 14. The van der Waals surface area contributed by atoms with Crippen LogP contribution in [0.5, 0.6) is 0 Å². The molecule has 649 valence electrons. The number of aliphatic hydroxyl groups is 2. The van der Waals surface area contributed by atoms with E-state index in [1.165, 1.54) is 116 Å². The molecule has 8 aromatic heterocycles. The van der Waals surface area contributed by atoms with Gasteiger partial charge in [0.05, 0.1) is 22.9 Å². The van der Waals surface area contributed by atoms with Gasteiger partial charge in [-0.05, 0) is 148 Å². The van der Waals surface area contributed by atoms with Gasteiger partial charge in [0.15, 0.2) is 0 Å². The van der Waals surface area contributed by atoms with Crippen LogP contribution >= 0.6 is 22.7 Å². The molecule has 0 fully saturated rings. The molecule has 0 saturated heterocycles. The number of aromatic nitrogens is 8. The largest absolute Gasteiger partial charge is 0.513 e. The van der Waals surface area contributed by atoms with E-state index >= 15 is 0 Å². The number of fused-ring (bicyclic) bond motifs is 21. The molecule has 0 amide bonds. The van der Waals surface area contributed by atoms with Crippen molar-refractivity contribution in [3.63, 3.8) is 0 Å². The van der Waals surface area contributed by atoms with E-state index in [2.05, 4.69) is 281 Å². The second kappa shape index (κ2) is 43.4. The number of aliphatic hydroxyl groups excluding tert-OH is 2. The van der Waals surface area contributed by atoms with Crippen LogP contribution in [-0.4, -0.2) is 56.2 Å². The molecule has 1 unspecified atom stereocenters. The Morgan fingerprint density at radius 1 is 0.362 bits per heavy atom. The first-order chi connectivity index (χ1) is 61.2. The van der Waals surface area contributed by atoms with Gasteiger partial charge < -0.3 is 40.1 Å². The summed E-state index contributed by atoms with van der Waals surface area (Å²) < 4.78 is 1.26. The number of thiophene rings is 2. The Morgan fingerprint density at radius 3 is 1.41 bits per heavy atom. The topological polar surface area (TPSA) is 144 Å². The third-order valence-corrected chi connectivity index (χ3v) is 24.6. The Bertz CT molecular complexity index is 6950. The Morgan fingerprint density at radius 2 is 0.862 bits per heavy atom. The number of allylic oxidation sites excluding steroid dienone is 1. The normalized spacial score (nSPS) is 12.1. The molecule has 2 N–H and O–H groups in total. The summed E-state index contributed by atoms with van der Waals surface area (Å²) in [6.07, 6.45) is 15.3. The summed E-state index contributed by atoms with van der Waals surface area (Å²) >= 11 is 3.41. The molecule has 17 heteroatoms. The fraction of sp³-hybridized carbons (Fsp3) is 0.0796. The predicted molar refractivity (Wildman–Crippen MR) is 518 cm³/mol. The minimum absolute atomic E-state index is 0.